The molecule has 99 heavy (non-hydrogen) atoms. The molecule has 0 nitrogen and oxygen atoms in total. The Morgan fingerprint density at radius 2 is 0.556 bits per heavy atom. The summed E-state index contributed by atoms with van der Waals surface area (Å²) in [6.45, 7) is 4.52. The van der Waals surface area contributed by atoms with Gasteiger partial charge in [-0.15, -0.1) is 0 Å². The maximum absolute atomic E-state index is 2.33. The molecular formula is C99H90. The van der Waals surface area contributed by atoms with Gasteiger partial charge < -0.3 is 0 Å². The number of fused-ring (bicyclic) bond motifs is 4. The highest BCUT2D eigenvalue weighted by Crippen LogP contribution is 2.56. The van der Waals surface area contributed by atoms with Crippen LogP contribution in [0.5, 0.6) is 0 Å². The molecule has 14 aromatic rings. The Balaban J connectivity index is 0.000000113. The molecule has 0 amide bonds. The van der Waals surface area contributed by atoms with E-state index in [4.69, 9.17) is 0 Å². The topological polar surface area (TPSA) is 0 Å². The highest BCUT2D eigenvalue weighted by atomic mass is 14.5. The summed E-state index contributed by atoms with van der Waals surface area (Å²) in [6, 6.07) is 146. The van der Waals surface area contributed by atoms with Gasteiger partial charge in [0.2, 0.25) is 0 Å². The summed E-state index contributed by atoms with van der Waals surface area (Å²) in [5.74, 6) is 0.647. The molecule has 17 rings (SSSR count). The Kier molecular flexibility index (Phi) is 21.5. The van der Waals surface area contributed by atoms with Crippen LogP contribution in [0.2, 0.25) is 0 Å². The summed E-state index contributed by atoms with van der Waals surface area (Å²) in [6.07, 6.45) is 10.0. The van der Waals surface area contributed by atoms with Crippen molar-refractivity contribution in [2.45, 2.75) is 86.9 Å². The van der Waals surface area contributed by atoms with Crippen LogP contribution in [0.1, 0.15) is 136 Å². The fraction of sp³-hybridized carbons (Fsp3) is 0.152. The molecule has 1 saturated carbocycles. The van der Waals surface area contributed by atoms with Gasteiger partial charge in [0.05, 0.1) is 5.41 Å². The van der Waals surface area contributed by atoms with Crippen LogP contribution < -0.4 is 0 Å². The molecule has 3 aliphatic carbocycles. The molecule has 0 aromatic heterocycles. The zero-order valence-corrected chi connectivity index (χ0v) is 57.4. The third-order valence-electron chi connectivity index (χ3n) is 21.1. The van der Waals surface area contributed by atoms with Crippen molar-refractivity contribution in [2.24, 2.45) is 5.92 Å². The van der Waals surface area contributed by atoms with Crippen LogP contribution in [0, 0.1) is 5.92 Å². The molecule has 0 heteroatoms. The average Bonchev–Trinajstić information content (AvgIpc) is 1.57. The quantitative estimate of drug-likeness (QED) is 0.107. The predicted octanol–water partition coefficient (Wildman–Crippen LogP) is 24.9. The zero-order valence-electron chi connectivity index (χ0n) is 57.4. The third-order valence-corrected chi connectivity index (χ3v) is 21.1. The van der Waals surface area contributed by atoms with E-state index in [1.807, 2.05) is 0 Å². The van der Waals surface area contributed by atoms with Crippen molar-refractivity contribution in [3.05, 3.63) is 490 Å². The lowest BCUT2D eigenvalue weighted by Gasteiger charge is -2.44. The van der Waals surface area contributed by atoms with Crippen molar-refractivity contribution in [3.63, 3.8) is 0 Å². The zero-order chi connectivity index (χ0) is 67.4. The lowest BCUT2D eigenvalue weighted by atomic mass is 9.58. The van der Waals surface area contributed by atoms with Crippen LogP contribution in [-0.2, 0) is 34.5 Å². The van der Waals surface area contributed by atoms with Gasteiger partial charge in [-0.1, -0.05) is 440 Å². The van der Waals surface area contributed by atoms with Crippen LogP contribution in [0.15, 0.2) is 406 Å². The molecule has 0 heterocycles. The highest BCUT2D eigenvalue weighted by Gasteiger charge is 2.47. The summed E-state index contributed by atoms with van der Waals surface area (Å²) in [7, 11) is 0. The van der Waals surface area contributed by atoms with Crippen LogP contribution in [0.25, 0.3) is 11.1 Å². The Hall–Kier alpha value is -10.9. The standard InChI is InChI=1S/C25H18.C25H26.C21H18.C15H16.C13H12/c1-3-11-19(12-4-1)25(20-13-5-2-6-14-20)23-17-9-7-15-21(23)22-16-8-10-18-24(22)25;1-5-13-21(14-6-1)25(22-15-7-2-8-16-22,23-17-9-3-10-18-23)24-19-11-4-12-20-24;1-3-10-18(11-4-1)21(19-12-5-2-6-13-19)16-15-17-9-7-8-14-20(17)21;1-15(2,13-9-5-3-6-10-13)14-11-7-4-8-12-14;1-3-7-12(8-4-1)11-13-9-5-2-6-10-13/h1-18H;1-3,5-10,13-18,24H,4,11-12,19-20H2;1-14H,15-16H2;3-12H,1-2H3;1-10H,11H2. The number of hydrogen-bond acceptors (Lipinski definition) is 0. The van der Waals surface area contributed by atoms with Gasteiger partial charge in [-0.05, 0) is 133 Å². The summed E-state index contributed by atoms with van der Waals surface area (Å²) in [5, 5.41) is 0. The fourth-order valence-electron chi connectivity index (χ4n) is 16.4. The Bertz CT molecular complexity index is 4380. The van der Waals surface area contributed by atoms with Gasteiger partial charge in [0.15, 0.2) is 0 Å². The van der Waals surface area contributed by atoms with Crippen molar-refractivity contribution in [1.29, 1.82) is 0 Å². The second-order valence-corrected chi connectivity index (χ2v) is 27.1. The first kappa shape index (κ1) is 66.7. The van der Waals surface area contributed by atoms with Crippen LogP contribution >= 0.6 is 0 Å². The van der Waals surface area contributed by atoms with Crippen LogP contribution in [0.3, 0.4) is 0 Å². The van der Waals surface area contributed by atoms with Gasteiger partial charge in [0, 0.05) is 16.2 Å². The van der Waals surface area contributed by atoms with Gasteiger partial charge in [-0.25, -0.2) is 0 Å². The van der Waals surface area contributed by atoms with Gasteiger partial charge in [-0.3, -0.25) is 0 Å². The molecule has 3 aliphatic rings. The summed E-state index contributed by atoms with van der Waals surface area (Å²) in [5.41, 5.74) is 23.4. The van der Waals surface area contributed by atoms with Crippen molar-refractivity contribution < 1.29 is 0 Å². The largest absolute Gasteiger partial charge is 0.0713 e. The first-order chi connectivity index (χ1) is 48.9. The van der Waals surface area contributed by atoms with Gasteiger partial charge in [0.1, 0.15) is 0 Å². The lowest BCUT2D eigenvalue weighted by molar-refractivity contribution is 0.271. The number of benzene rings is 14. The number of aryl methyl sites for hydroxylation is 1. The Morgan fingerprint density at radius 1 is 0.273 bits per heavy atom. The predicted molar refractivity (Wildman–Crippen MR) is 418 cm³/mol. The summed E-state index contributed by atoms with van der Waals surface area (Å²) in [4.78, 5) is 0. The minimum atomic E-state index is -0.254. The number of hydrogen-bond donors (Lipinski definition) is 0. The van der Waals surface area contributed by atoms with E-state index in [-0.39, 0.29) is 21.7 Å². The van der Waals surface area contributed by atoms with Gasteiger partial charge in [-0.2, -0.15) is 0 Å². The van der Waals surface area contributed by atoms with Gasteiger partial charge in [0.25, 0.3) is 0 Å². The maximum Gasteiger partial charge on any atom is 0.0713 e. The molecule has 1 fully saturated rings. The molecule has 486 valence electrons. The van der Waals surface area contributed by atoms with E-state index in [0.717, 1.165) is 19.3 Å². The molecule has 0 spiro atoms. The van der Waals surface area contributed by atoms with Crippen molar-refractivity contribution in [1.82, 2.24) is 0 Å². The highest BCUT2D eigenvalue weighted by molar-refractivity contribution is 5.86. The maximum atomic E-state index is 2.33. The molecule has 0 radical (unpaired) electrons. The van der Waals surface area contributed by atoms with E-state index in [0.29, 0.717) is 5.92 Å². The van der Waals surface area contributed by atoms with E-state index in [1.165, 1.54) is 127 Å². The van der Waals surface area contributed by atoms with Crippen molar-refractivity contribution in [3.8, 4) is 11.1 Å². The Labute approximate surface area is 590 Å². The molecule has 0 aliphatic heterocycles. The summed E-state index contributed by atoms with van der Waals surface area (Å²) < 4.78 is 0. The minimum absolute atomic E-state index is 0.0130. The van der Waals surface area contributed by atoms with E-state index < -0.39 is 0 Å². The average molecular weight is 1280 g/mol. The molecule has 0 saturated heterocycles. The van der Waals surface area contributed by atoms with Crippen molar-refractivity contribution in [2.75, 3.05) is 0 Å². The third kappa shape index (κ3) is 14.3. The molecule has 0 N–H and O–H groups in total. The van der Waals surface area contributed by atoms with Crippen LogP contribution in [0.4, 0.5) is 0 Å². The Morgan fingerprint density at radius 3 is 0.919 bits per heavy atom. The van der Waals surface area contributed by atoms with Crippen molar-refractivity contribution >= 4 is 0 Å². The molecule has 0 atom stereocenters. The summed E-state index contributed by atoms with van der Waals surface area (Å²) >= 11 is 0. The molecule has 0 unspecified atom stereocenters. The van der Waals surface area contributed by atoms with Crippen LogP contribution in [-0.4, -0.2) is 0 Å². The minimum Gasteiger partial charge on any atom is -0.0622 e. The second-order valence-electron chi connectivity index (χ2n) is 27.1. The first-order valence-electron chi connectivity index (χ1n) is 35.8. The first-order valence-corrected chi connectivity index (χ1v) is 35.8. The van der Waals surface area contributed by atoms with E-state index in [1.54, 1.807) is 0 Å². The second kappa shape index (κ2) is 32.0. The molecular weight excluding hydrogens is 1190 g/mol. The number of rotatable bonds is 12. The monoisotopic (exact) mass is 1280 g/mol. The lowest BCUT2D eigenvalue weighted by Crippen LogP contribution is -2.39. The van der Waals surface area contributed by atoms with E-state index in [2.05, 4.69) is 420 Å². The van der Waals surface area contributed by atoms with E-state index in [9.17, 15) is 0 Å². The normalized spacial score (nSPS) is 13.8. The molecule has 14 aromatic carbocycles. The SMILES string of the molecule is CC(C)(c1ccccc1)c1ccccc1.c1ccc(C(c2ccccc2)(c2ccccc2)C2CCCCC2)cc1.c1ccc(C2(c3ccccc3)CCc3ccccc32)cc1.c1ccc(C2(c3ccccc3)c3ccccc3-c3ccccc32)cc1.c1ccc(Cc2ccccc2)cc1. The molecule has 0 bridgehead atoms. The van der Waals surface area contributed by atoms with Gasteiger partial charge >= 0.3 is 0 Å². The smallest absolute Gasteiger partial charge is 0.0622 e. The fourth-order valence-corrected chi connectivity index (χ4v) is 16.4. The van der Waals surface area contributed by atoms with E-state index >= 15 is 0 Å².